The molecule has 0 unspecified atom stereocenters. The summed E-state index contributed by atoms with van der Waals surface area (Å²) in [4.78, 5) is 7.96. The minimum absolute atomic E-state index is 0.0681. The molecule has 42 heavy (non-hydrogen) atoms. The smallest absolute Gasteiger partial charge is 0.282 e. The Labute approximate surface area is 239 Å². The van der Waals surface area contributed by atoms with Crippen LogP contribution in [0.4, 0.5) is 0 Å². The average Bonchev–Trinajstić information content (AvgIpc) is 2.96. The van der Waals surface area contributed by atoms with Crippen molar-refractivity contribution in [1.82, 2.24) is 20.2 Å². The van der Waals surface area contributed by atoms with E-state index in [-0.39, 0.29) is 37.6 Å². The lowest BCUT2D eigenvalue weighted by Crippen LogP contribution is -2.03. The minimum atomic E-state index is -4.46. The van der Waals surface area contributed by atoms with Gasteiger partial charge in [0.1, 0.15) is 17.1 Å². The monoisotopic (exact) mass is 626 g/mol. The van der Waals surface area contributed by atoms with E-state index < -0.39 is 30.4 Å². The largest absolute Gasteiger partial charge is 0.294 e. The maximum absolute atomic E-state index is 11.5. The van der Waals surface area contributed by atoms with Crippen LogP contribution in [0, 0.1) is 0 Å². The van der Waals surface area contributed by atoms with Gasteiger partial charge in [-0.25, -0.2) is 4.98 Å². The summed E-state index contributed by atoms with van der Waals surface area (Å²) < 4.78 is 96.7. The molecule has 0 radical (unpaired) electrons. The number of hydrogen-bond donors (Lipinski definition) is 3. The van der Waals surface area contributed by atoms with Crippen molar-refractivity contribution in [2.24, 2.45) is 0 Å². The van der Waals surface area contributed by atoms with Crippen molar-refractivity contribution in [3.05, 3.63) is 91.1 Å². The molecule has 0 aliphatic carbocycles. The molecular formula is C26H18N4O9S3. The molecule has 3 aromatic carbocycles. The van der Waals surface area contributed by atoms with Crippen LogP contribution < -0.4 is 0 Å². The topological polar surface area (TPSA) is 215 Å². The molecule has 0 saturated heterocycles. The van der Waals surface area contributed by atoms with Crippen LogP contribution in [0.15, 0.2) is 106 Å². The lowest BCUT2D eigenvalue weighted by molar-refractivity contribution is 0.481. The SMILES string of the molecule is O=S(=O)(O)c1ccc(-c2ccnc(-c3nnc(-c4ccc(S(=O)(=O)O)cc4)c(-c4ccc(S(=O)(=O)O)cc4)n3)c2)cc1. The first-order valence-electron chi connectivity index (χ1n) is 11.6. The van der Waals surface area contributed by atoms with E-state index in [1.54, 1.807) is 12.1 Å². The Hall–Kier alpha value is -4.45. The molecule has 5 aromatic rings. The molecule has 0 spiro atoms. The van der Waals surface area contributed by atoms with Gasteiger partial charge >= 0.3 is 0 Å². The van der Waals surface area contributed by atoms with Crippen molar-refractivity contribution >= 4 is 30.4 Å². The van der Waals surface area contributed by atoms with E-state index >= 15 is 0 Å². The van der Waals surface area contributed by atoms with Crippen LogP contribution in [-0.4, -0.2) is 59.1 Å². The van der Waals surface area contributed by atoms with Gasteiger partial charge in [0.2, 0.25) is 5.82 Å². The number of nitrogens with zero attached hydrogens (tertiary/aromatic N) is 4. The van der Waals surface area contributed by atoms with Gasteiger partial charge in [0.15, 0.2) is 0 Å². The second-order valence-corrected chi connectivity index (χ2v) is 13.0. The van der Waals surface area contributed by atoms with Crippen LogP contribution in [-0.2, 0) is 30.4 Å². The van der Waals surface area contributed by atoms with E-state index in [4.69, 9.17) is 0 Å². The van der Waals surface area contributed by atoms with Gasteiger partial charge in [-0.3, -0.25) is 18.6 Å². The third-order valence-electron chi connectivity index (χ3n) is 6.01. The predicted octanol–water partition coefficient (Wildman–Crippen LogP) is 3.67. The Kier molecular flexibility index (Phi) is 7.44. The molecule has 0 amide bonds. The van der Waals surface area contributed by atoms with Crippen molar-refractivity contribution < 1.29 is 38.9 Å². The highest BCUT2D eigenvalue weighted by Crippen LogP contribution is 2.32. The van der Waals surface area contributed by atoms with E-state index in [9.17, 15) is 38.9 Å². The molecule has 2 heterocycles. The Balaban J connectivity index is 1.61. The first-order valence-corrected chi connectivity index (χ1v) is 16.0. The van der Waals surface area contributed by atoms with Gasteiger partial charge < -0.3 is 0 Å². The summed E-state index contributed by atoms with van der Waals surface area (Å²) in [5.41, 5.74) is 2.67. The van der Waals surface area contributed by atoms with Crippen molar-refractivity contribution in [3.8, 4) is 45.2 Å². The molecular weight excluding hydrogens is 609 g/mol. The molecule has 0 fully saturated rings. The van der Waals surface area contributed by atoms with Crippen LogP contribution in [0.3, 0.4) is 0 Å². The molecule has 2 aromatic heterocycles. The van der Waals surface area contributed by atoms with Crippen molar-refractivity contribution in [2.75, 3.05) is 0 Å². The highest BCUT2D eigenvalue weighted by Gasteiger charge is 2.19. The van der Waals surface area contributed by atoms with Gasteiger partial charge in [-0.1, -0.05) is 36.4 Å². The zero-order chi connectivity index (χ0) is 30.3. The summed E-state index contributed by atoms with van der Waals surface area (Å²) in [5, 5.41) is 8.46. The van der Waals surface area contributed by atoms with Gasteiger partial charge in [0, 0.05) is 17.3 Å². The number of hydrogen-bond acceptors (Lipinski definition) is 10. The van der Waals surface area contributed by atoms with E-state index in [1.807, 2.05) is 0 Å². The van der Waals surface area contributed by atoms with Crippen LogP contribution >= 0.6 is 0 Å². The predicted molar refractivity (Wildman–Crippen MR) is 149 cm³/mol. The fourth-order valence-electron chi connectivity index (χ4n) is 3.95. The third-order valence-corrected chi connectivity index (χ3v) is 8.62. The summed E-state index contributed by atoms with van der Waals surface area (Å²) in [5.74, 6) is 0.0681. The molecule has 0 atom stereocenters. The number of rotatable bonds is 7. The van der Waals surface area contributed by atoms with Crippen molar-refractivity contribution in [3.63, 3.8) is 0 Å². The standard InChI is InChI=1S/C26H18N4O9S3/c31-40(32,33)20-7-1-16(2-8-20)19-13-14-27-23(15-19)26-28-24(17-3-9-21(10-4-17)41(34,35)36)25(29-30-26)18-5-11-22(12-6-18)42(37,38)39/h1-15H,(H,31,32,33)(H,34,35,36)(H,37,38,39). The average molecular weight is 627 g/mol. The summed E-state index contributed by atoms with van der Waals surface area (Å²) >= 11 is 0. The minimum Gasteiger partial charge on any atom is -0.282 e. The first-order chi connectivity index (χ1) is 19.7. The zero-order valence-corrected chi connectivity index (χ0v) is 23.4. The molecule has 3 N–H and O–H groups in total. The van der Waals surface area contributed by atoms with Crippen LogP contribution in [0.1, 0.15) is 0 Å². The van der Waals surface area contributed by atoms with E-state index in [2.05, 4.69) is 20.2 Å². The first kappa shape index (κ1) is 29.1. The quantitative estimate of drug-likeness (QED) is 0.220. The number of pyridine rings is 1. The third kappa shape index (κ3) is 6.23. The molecule has 16 heteroatoms. The van der Waals surface area contributed by atoms with E-state index in [0.717, 1.165) is 0 Å². The van der Waals surface area contributed by atoms with Gasteiger partial charge in [0.25, 0.3) is 30.4 Å². The van der Waals surface area contributed by atoms with E-state index in [1.165, 1.54) is 79.0 Å². The van der Waals surface area contributed by atoms with Gasteiger partial charge in [-0.15, -0.1) is 10.2 Å². The molecule has 0 aliphatic heterocycles. The van der Waals surface area contributed by atoms with Crippen LogP contribution in [0.2, 0.25) is 0 Å². The normalized spacial score (nSPS) is 12.3. The lowest BCUT2D eigenvalue weighted by atomic mass is 10.0. The van der Waals surface area contributed by atoms with Crippen LogP contribution in [0.5, 0.6) is 0 Å². The van der Waals surface area contributed by atoms with Crippen molar-refractivity contribution in [1.29, 1.82) is 0 Å². The molecule has 5 rings (SSSR count). The maximum atomic E-state index is 11.5. The van der Waals surface area contributed by atoms with E-state index in [0.29, 0.717) is 22.3 Å². The Morgan fingerprint density at radius 1 is 0.476 bits per heavy atom. The molecule has 214 valence electrons. The summed E-state index contributed by atoms with van der Waals surface area (Å²) in [6.07, 6.45) is 1.48. The second kappa shape index (κ2) is 10.8. The van der Waals surface area contributed by atoms with Crippen molar-refractivity contribution in [2.45, 2.75) is 14.7 Å². The highest BCUT2D eigenvalue weighted by atomic mass is 32.2. The molecule has 0 bridgehead atoms. The van der Waals surface area contributed by atoms with Crippen LogP contribution in [0.25, 0.3) is 45.2 Å². The molecule has 0 saturated carbocycles. The lowest BCUT2D eigenvalue weighted by Gasteiger charge is -2.11. The number of benzene rings is 3. The Morgan fingerprint density at radius 3 is 1.36 bits per heavy atom. The fraction of sp³-hybridized carbons (Fsp3) is 0. The number of aromatic nitrogens is 4. The zero-order valence-electron chi connectivity index (χ0n) is 21.0. The summed E-state index contributed by atoms with van der Waals surface area (Å²) in [6, 6.07) is 19.1. The maximum Gasteiger partial charge on any atom is 0.294 e. The van der Waals surface area contributed by atoms with Gasteiger partial charge in [-0.2, -0.15) is 25.3 Å². The molecule has 0 aliphatic rings. The Bertz CT molecular complexity index is 2140. The Morgan fingerprint density at radius 2 is 0.905 bits per heavy atom. The van der Waals surface area contributed by atoms with Gasteiger partial charge in [0.05, 0.1) is 14.7 Å². The second-order valence-electron chi connectivity index (χ2n) is 8.76. The molecule has 13 nitrogen and oxygen atoms in total. The summed E-state index contributed by atoms with van der Waals surface area (Å²) in [7, 11) is -13.3. The van der Waals surface area contributed by atoms with Gasteiger partial charge in [-0.05, 0) is 59.7 Å². The summed E-state index contributed by atoms with van der Waals surface area (Å²) in [6.45, 7) is 0. The fourth-order valence-corrected chi connectivity index (χ4v) is 5.39. The highest BCUT2D eigenvalue weighted by molar-refractivity contribution is 7.86.